The van der Waals surface area contributed by atoms with Crippen LogP contribution in [0.15, 0.2) is 48.5 Å². The molecule has 1 fully saturated rings. The smallest absolute Gasteiger partial charge is 0.252 e. The highest BCUT2D eigenvalue weighted by Crippen LogP contribution is 2.29. The number of para-hydroxylation sites is 1. The zero-order valence-electron chi connectivity index (χ0n) is 20.1. The van der Waals surface area contributed by atoms with Crippen molar-refractivity contribution in [2.75, 3.05) is 45.2 Å². The average Bonchev–Trinajstić information content (AvgIpc) is 3.34. The van der Waals surface area contributed by atoms with Gasteiger partial charge >= 0.3 is 0 Å². The van der Waals surface area contributed by atoms with E-state index in [0.29, 0.717) is 17.9 Å². The fourth-order valence-electron chi connectivity index (χ4n) is 4.29. The van der Waals surface area contributed by atoms with Crippen LogP contribution >= 0.6 is 0 Å². The SMILES string of the molecule is Cc1ccc(OCCN(C)C)cc1C(=O)N[C@H](C)c1cc(N2CCCC2)nc2ccccc12. The summed E-state index contributed by atoms with van der Waals surface area (Å²) in [4.78, 5) is 22.6. The van der Waals surface area contributed by atoms with E-state index < -0.39 is 0 Å². The molecule has 1 N–H and O–H groups in total. The molecular weight excluding hydrogens is 412 g/mol. The summed E-state index contributed by atoms with van der Waals surface area (Å²) in [5.74, 6) is 1.61. The lowest BCUT2D eigenvalue weighted by molar-refractivity contribution is 0.0939. The summed E-state index contributed by atoms with van der Waals surface area (Å²) in [6, 6.07) is 15.9. The Morgan fingerprint density at radius 3 is 2.67 bits per heavy atom. The van der Waals surface area contributed by atoms with Gasteiger partial charge in [-0.2, -0.15) is 0 Å². The first-order chi connectivity index (χ1) is 15.9. The van der Waals surface area contributed by atoms with Crippen molar-refractivity contribution in [2.24, 2.45) is 0 Å². The monoisotopic (exact) mass is 446 g/mol. The Morgan fingerprint density at radius 2 is 1.91 bits per heavy atom. The molecule has 0 unspecified atom stereocenters. The Morgan fingerprint density at radius 1 is 1.15 bits per heavy atom. The van der Waals surface area contributed by atoms with Crippen LogP contribution in [-0.2, 0) is 0 Å². The summed E-state index contributed by atoms with van der Waals surface area (Å²) >= 11 is 0. The molecule has 174 valence electrons. The van der Waals surface area contributed by atoms with E-state index in [1.54, 1.807) is 0 Å². The normalized spacial score (nSPS) is 14.6. The van der Waals surface area contributed by atoms with E-state index >= 15 is 0 Å². The van der Waals surface area contributed by atoms with Crippen molar-refractivity contribution in [2.45, 2.75) is 32.7 Å². The maximum Gasteiger partial charge on any atom is 0.252 e. The molecule has 3 aromatic rings. The Bertz CT molecular complexity index is 1120. The minimum absolute atomic E-state index is 0.0957. The van der Waals surface area contributed by atoms with Crippen LogP contribution in [-0.4, -0.2) is 56.1 Å². The standard InChI is InChI=1S/C27H34N4O2/c1-19-11-12-21(33-16-15-30(3)4)17-23(19)27(32)28-20(2)24-18-26(31-13-7-8-14-31)29-25-10-6-5-9-22(24)25/h5-6,9-12,17-18,20H,7-8,13-16H2,1-4H3,(H,28,32)/t20-/m1/s1. The van der Waals surface area contributed by atoms with Gasteiger partial charge in [-0.1, -0.05) is 24.3 Å². The molecular formula is C27H34N4O2. The van der Waals surface area contributed by atoms with Crippen molar-refractivity contribution < 1.29 is 9.53 Å². The van der Waals surface area contributed by atoms with Crippen molar-refractivity contribution in [3.63, 3.8) is 0 Å². The number of pyridine rings is 1. The molecule has 0 aliphatic carbocycles. The third-order valence-corrected chi connectivity index (χ3v) is 6.24. The van der Waals surface area contributed by atoms with Crippen molar-refractivity contribution in [3.05, 3.63) is 65.2 Å². The quantitative estimate of drug-likeness (QED) is 0.549. The third-order valence-electron chi connectivity index (χ3n) is 6.24. The summed E-state index contributed by atoms with van der Waals surface area (Å²) in [7, 11) is 4.02. The number of anilines is 1. The molecule has 1 aliphatic rings. The number of benzene rings is 2. The van der Waals surface area contributed by atoms with Gasteiger partial charge in [0, 0.05) is 30.6 Å². The molecule has 6 nitrogen and oxygen atoms in total. The summed E-state index contributed by atoms with van der Waals surface area (Å²) in [6.07, 6.45) is 2.39. The second-order valence-electron chi connectivity index (χ2n) is 9.10. The molecule has 0 spiro atoms. The first-order valence-electron chi connectivity index (χ1n) is 11.8. The van der Waals surface area contributed by atoms with Gasteiger partial charge in [0.2, 0.25) is 0 Å². The molecule has 2 aromatic carbocycles. The number of ether oxygens (including phenoxy) is 1. The predicted octanol–water partition coefficient (Wildman–Crippen LogP) is 4.57. The number of hydrogen-bond donors (Lipinski definition) is 1. The van der Waals surface area contributed by atoms with E-state index in [2.05, 4.69) is 27.2 Å². The van der Waals surface area contributed by atoms with Crippen LogP contribution in [0.3, 0.4) is 0 Å². The van der Waals surface area contributed by atoms with Gasteiger partial charge in [0.05, 0.1) is 11.6 Å². The van der Waals surface area contributed by atoms with Gasteiger partial charge in [-0.3, -0.25) is 4.79 Å². The summed E-state index contributed by atoms with van der Waals surface area (Å²) in [5, 5.41) is 4.29. The topological polar surface area (TPSA) is 57.7 Å². The Labute approximate surface area is 196 Å². The van der Waals surface area contributed by atoms with Crippen molar-refractivity contribution in [1.82, 2.24) is 15.2 Å². The highest BCUT2D eigenvalue weighted by atomic mass is 16.5. The second kappa shape index (κ2) is 10.2. The molecule has 33 heavy (non-hydrogen) atoms. The number of aromatic nitrogens is 1. The number of aryl methyl sites for hydroxylation is 1. The fraction of sp³-hybridized carbons (Fsp3) is 0.407. The van der Waals surface area contributed by atoms with Gasteiger partial charge in [0.15, 0.2) is 0 Å². The number of amides is 1. The van der Waals surface area contributed by atoms with Gasteiger partial charge in [-0.05, 0) is 76.2 Å². The van der Waals surface area contributed by atoms with Crippen molar-refractivity contribution in [1.29, 1.82) is 0 Å². The maximum atomic E-state index is 13.3. The van der Waals surface area contributed by atoms with E-state index in [1.807, 2.05) is 64.3 Å². The average molecular weight is 447 g/mol. The molecule has 6 heteroatoms. The van der Waals surface area contributed by atoms with Crippen molar-refractivity contribution >= 4 is 22.6 Å². The summed E-state index contributed by atoms with van der Waals surface area (Å²) in [5.41, 5.74) is 3.62. The van der Waals surface area contributed by atoms with E-state index in [0.717, 1.165) is 47.5 Å². The second-order valence-corrected chi connectivity index (χ2v) is 9.10. The zero-order chi connectivity index (χ0) is 23.4. The molecule has 1 aromatic heterocycles. The molecule has 1 aliphatic heterocycles. The molecule has 2 heterocycles. The van der Waals surface area contributed by atoms with Crippen LogP contribution in [0.1, 0.15) is 47.3 Å². The predicted molar refractivity (Wildman–Crippen MR) is 134 cm³/mol. The van der Waals surface area contributed by atoms with E-state index in [9.17, 15) is 4.79 Å². The molecule has 4 rings (SSSR count). The molecule has 1 amide bonds. The van der Waals surface area contributed by atoms with Crippen LogP contribution in [0.25, 0.3) is 10.9 Å². The zero-order valence-corrected chi connectivity index (χ0v) is 20.1. The van der Waals surface area contributed by atoms with Crippen LogP contribution in [0.4, 0.5) is 5.82 Å². The minimum Gasteiger partial charge on any atom is -0.492 e. The molecule has 1 atom stereocenters. The number of nitrogens with one attached hydrogen (secondary N) is 1. The minimum atomic E-state index is -0.163. The van der Waals surface area contributed by atoms with Gasteiger partial charge in [0.1, 0.15) is 18.2 Å². The molecule has 1 saturated heterocycles. The van der Waals surface area contributed by atoms with Gasteiger partial charge < -0.3 is 19.9 Å². The summed E-state index contributed by atoms with van der Waals surface area (Å²) < 4.78 is 5.85. The maximum absolute atomic E-state index is 13.3. The lowest BCUT2D eigenvalue weighted by Crippen LogP contribution is -2.28. The van der Waals surface area contributed by atoms with Crippen LogP contribution < -0.4 is 15.0 Å². The number of likely N-dealkylation sites (N-methyl/N-ethyl adjacent to an activating group) is 1. The molecule has 0 saturated carbocycles. The highest BCUT2D eigenvalue weighted by Gasteiger charge is 2.20. The van der Waals surface area contributed by atoms with E-state index in [1.165, 1.54) is 12.8 Å². The van der Waals surface area contributed by atoms with Gasteiger partial charge in [0.25, 0.3) is 5.91 Å². The lowest BCUT2D eigenvalue weighted by Gasteiger charge is -2.22. The summed E-state index contributed by atoms with van der Waals surface area (Å²) in [6.45, 7) is 7.46. The number of nitrogens with zero attached hydrogens (tertiary/aromatic N) is 3. The lowest BCUT2D eigenvalue weighted by atomic mass is 10.0. The molecule has 0 radical (unpaired) electrons. The first kappa shape index (κ1) is 23.1. The fourth-order valence-corrected chi connectivity index (χ4v) is 4.29. The van der Waals surface area contributed by atoms with Gasteiger partial charge in [-0.25, -0.2) is 4.98 Å². The number of fused-ring (bicyclic) bond motifs is 1. The Balaban J connectivity index is 1.57. The van der Waals surface area contributed by atoms with Gasteiger partial charge in [-0.15, -0.1) is 0 Å². The third kappa shape index (κ3) is 5.45. The number of carbonyl (C=O) groups is 1. The van der Waals surface area contributed by atoms with E-state index in [-0.39, 0.29) is 11.9 Å². The van der Waals surface area contributed by atoms with E-state index in [4.69, 9.17) is 9.72 Å². The van der Waals surface area contributed by atoms with Crippen LogP contribution in [0.2, 0.25) is 0 Å². The number of carbonyl (C=O) groups excluding carboxylic acids is 1. The van der Waals surface area contributed by atoms with Crippen LogP contribution in [0, 0.1) is 6.92 Å². The Kier molecular flexibility index (Phi) is 7.14. The largest absolute Gasteiger partial charge is 0.492 e. The molecule has 0 bridgehead atoms. The number of rotatable bonds is 8. The Hall–Kier alpha value is -3.12. The van der Waals surface area contributed by atoms with Crippen molar-refractivity contribution in [3.8, 4) is 5.75 Å². The van der Waals surface area contributed by atoms with Crippen LogP contribution in [0.5, 0.6) is 5.75 Å². The highest BCUT2D eigenvalue weighted by molar-refractivity contribution is 5.96. The first-order valence-corrected chi connectivity index (χ1v) is 11.8. The number of hydrogen-bond acceptors (Lipinski definition) is 5.